The van der Waals surface area contributed by atoms with Gasteiger partial charge < -0.3 is 20.3 Å². The number of nitrogens with one attached hydrogen (secondary N) is 2. The van der Waals surface area contributed by atoms with Gasteiger partial charge in [0.25, 0.3) is 0 Å². The number of alkyl carbamates (subject to hydrolysis) is 1. The molecule has 1 aromatic carbocycles. The van der Waals surface area contributed by atoms with Gasteiger partial charge in [0.1, 0.15) is 5.60 Å². The highest BCUT2D eigenvalue weighted by molar-refractivity contribution is 5.87. The lowest BCUT2D eigenvalue weighted by Crippen LogP contribution is -2.39. The third-order valence-electron chi connectivity index (χ3n) is 3.34. The molecule has 0 heterocycles. The second-order valence-electron chi connectivity index (χ2n) is 7.40. The second kappa shape index (κ2) is 10.6. The van der Waals surface area contributed by atoms with E-state index in [4.69, 9.17) is 4.74 Å². The van der Waals surface area contributed by atoms with Gasteiger partial charge in [-0.1, -0.05) is 36.4 Å². The monoisotopic (exact) mass is 361 g/mol. The Morgan fingerprint density at radius 2 is 1.85 bits per heavy atom. The average Bonchev–Trinajstić information content (AvgIpc) is 2.51. The Morgan fingerprint density at radius 1 is 1.19 bits per heavy atom. The summed E-state index contributed by atoms with van der Waals surface area (Å²) in [6, 6.07) is 9.44. The molecule has 0 spiro atoms. The molecule has 144 valence electrons. The Kier molecular flexibility index (Phi) is 8.85. The van der Waals surface area contributed by atoms with E-state index in [2.05, 4.69) is 10.6 Å². The van der Waals surface area contributed by atoms with Gasteiger partial charge in [-0.3, -0.25) is 4.79 Å². The summed E-state index contributed by atoms with van der Waals surface area (Å²) in [7, 11) is 3.89. The van der Waals surface area contributed by atoms with Crippen molar-refractivity contribution in [1.82, 2.24) is 15.5 Å². The van der Waals surface area contributed by atoms with Gasteiger partial charge in [0.15, 0.2) is 0 Å². The van der Waals surface area contributed by atoms with E-state index < -0.39 is 11.7 Å². The smallest absolute Gasteiger partial charge is 0.408 e. The van der Waals surface area contributed by atoms with Crippen molar-refractivity contribution in [2.45, 2.75) is 38.8 Å². The van der Waals surface area contributed by atoms with Gasteiger partial charge in [-0.15, -0.1) is 0 Å². The fourth-order valence-corrected chi connectivity index (χ4v) is 2.16. The first-order valence-electron chi connectivity index (χ1n) is 8.80. The van der Waals surface area contributed by atoms with Gasteiger partial charge in [0.2, 0.25) is 5.91 Å². The third kappa shape index (κ3) is 10.5. The van der Waals surface area contributed by atoms with Crippen molar-refractivity contribution in [2.24, 2.45) is 0 Å². The fourth-order valence-electron chi connectivity index (χ4n) is 2.16. The Balaban J connectivity index is 2.69. The molecule has 6 heteroatoms. The Hall–Kier alpha value is -2.34. The summed E-state index contributed by atoms with van der Waals surface area (Å²) in [4.78, 5) is 26.0. The molecule has 1 aromatic rings. The number of likely N-dealkylation sites (N-methyl/N-ethyl adjacent to an activating group) is 1. The number of carbonyl (C=O) groups is 2. The molecule has 1 rings (SSSR count). The average molecular weight is 361 g/mol. The summed E-state index contributed by atoms with van der Waals surface area (Å²) in [6.45, 7) is 6.77. The number of nitrogens with zero attached hydrogens (tertiary/aromatic N) is 1. The molecule has 0 aliphatic carbocycles. The first kappa shape index (κ1) is 21.7. The molecule has 0 unspecified atom stereocenters. The minimum atomic E-state index is -0.575. The number of hydrogen-bond acceptors (Lipinski definition) is 4. The topological polar surface area (TPSA) is 70.7 Å². The molecule has 0 saturated heterocycles. The molecule has 0 aliphatic heterocycles. The van der Waals surface area contributed by atoms with Crippen LogP contribution in [0.15, 0.2) is 42.5 Å². The van der Waals surface area contributed by atoms with Crippen LogP contribution in [0, 0.1) is 0 Å². The number of amides is 2. The van der Waals surface area contributed by atoms with E-state index in [9.17, 15) is 9.59 Å². The van der Waals surface area contributed by atoms with E-state index in [-0.39, 0.29) is 11.9 Å². The van der Waals surface area contributed by atoms with Crippen LogP contribution in [-0.4, -0.2) is 55.7 Å². The van der Waals surface area contributed by atoms with E-state index in [0.29, 0.717) is 13.0 Å². The first-order chi connectivity index (χ1) is 12.2. The molecule has 26 heavy (non-hydrogen) atoms. The highest BCUT2D eigenvalue weighted by Crippen LogP contribution is 2.09. The van der Waals surface area contributed by atoms with Gasteiger partial charge in [-0.2, -0.15) is 0 Å². The molecule has 0 fully saturated rings. The van der Waals surface area contributed by atoms with Crippen molar-refractivity contribution < 1.29 is 14.3 Å². The first-order valence-corrected chi connectivity index (χ1v) is 8.80. The molecule has 0 bridgehead atoms. The van der Waals surface area contributed by atoms with Gasteiger partial charge in [-0.25, -0.2) is 4.79 Å². The maximum atomic E-state index is 12.1. The highest BCUT2D eigenvalue weighted by Gasteiger charge is 2.18. The minimum absolute atomic E-state index is 0.184. The Bertz CT molecular complexity index is 592. The zero-order valence-corrected chi connectivity index (χ0v) is 16.4. The SMILES string of the molecule is CN(C)CCNC(=O)/C=C/[C@@H](Cc1ccccc1)NC(=O)OC(C)(C)C. The molecule has 1 atom stereocenters. The Labute approximate surface area is 156 Å². The molecule has 2 N–H and O–H groups in total. The number of ether oxygens (including phenoxy) is 1. The predicted octanol–water partition coefficient (Wildman–Crippen LogP) is 2.36. The van der Waals surface area contributed by atoms with Crippen molar-refractivity contribution in [2.75, 3.05) is 27.2 Å². The highest BCUT2D eigenvalue weighted by atomic mass is 16.6. The minimum Gasteiger partial charge on any atom is -0.444 e. The molecule has 0 saturated carbocycles. The summed E-state index contributed by atoms with van der Waals surface area (Å²) in [5.41, 5.74) is 0.487. The zero-order chi connectivity index (χ0) is 19.6. The quantitative estimate of drug-likeness (QED) is 0.698. The fraction of sp³-hybridized carbons (Fsp3) is 0.500. The standard InChI is InChI=1S/C20H31N3O3/c1-20(2,3)26-19(25)22-17(15-16-9-7-6-8-10-16)11-12-18(24)21-13-14-23(4)5/h6-12,17H,13-15H2,1-5H3,(H,21,24)(H,22,25)/b12-11+/t17-/m0/s1. The summed E-state index contributed by atoms with van der Waals surface area (Å²) < 4.78 is 5.31. The lowest BCUT2D eigenvalue weighted by Gasteiger charge is -2.22. The van der Waals surface area contributed by atoms with Crippen LogP contribution >= 0.6 is 0 Å². The molecule has 0 aromatic heterocycles. The molecule has 2 amide bonds. The maximum absolute atomic E-state index is 12.1. The van der Waals surface area contributed by atoms with Crippen molar-refractivity contribution in [3.63, 3.8) is 0 Å². The van der Waals surface area contributed by atoms with Crippen LogP contribution in [0.2, 0.25) is 0 Å². The van der Waals surface area contributed by atoms with Crippen molar-refractivity contribution in [3.05, 3.63) is 48.0 Å². The van der Waals surface area contributed by atoms with Crippen LogP contribution in [0.3, 0.4) is 0 Å². The number of benzene rings is 1. The maximum Gasteiger partial charge on any atom is 0.408 e. The van der Waals surface area contributed by atoms with E-state index in [1.807, 2.05) is 70.1 Å². The van der Waals surface area contributed by atoms with Gasteiger partial charge >= 0.3 is 6.09 Å². The van der Waals surface area contributed by atoms with Gasteiger partial charge in [0.05, 0.1) is 6.04 Å². The van der Waals surface area contributed by atoms with Crippen molar-refractivity contribution in [3.8, 4) is 0 Å². The zero-order valence-electron chi connectivity index (χ0n) is 16.4. The molecule has 6 nitrogen and oxygen atoms in total. The lowest BCUT2D eigenvalue weighted by atomic mass is 10.1. The summed E-state index contributed by atoms with van der Waals surface area (Å²) in [5, 5.41) is 5.63. The molecule has 0 radical (unpaired) electrons. The Morgan fingerprint density at radius 3 is 2.42 bits per heavy atom. The van der Waals surface area contributed by atoms with E-state index in [0.717, 1.165) is 12.1 Å². The van der Waals surface area contributed by atoms with E-state index in [1.54, 1.807) is 6.08 Å². The molecule has 0 aliphatic rings. The third-order valence-corrected chi connectivity index (χ3v) is 3.34. The van der Waals surface area contributed by atoms with Crippen LogP contribution in [0.5, 0.6) is 0 Å². The lowest BCUT2D eigenvalue weighted by molar-refractivity contribution is -0.116. The van der Waals surface area contributed by atoms with E-state index in [1.165, 1.54) is 6.08 Å². The van der Waals surface area contributed by atoms with Crippen LogP contribution in [0.1, 0.15) is 26.3 Å². The second-order valence-corrected chi connectivity index (χ2v) is 7.40. The number of carbonyl (C=O) groups excluding carboxylic acids is 2. The van der Waals surface area contributed by atoms with Gasteiger partial charge in [0, 0.05) is 19.2 Å². The number of hydrogen-bond donors (Lipinski definition) is 2. The normalized spacial score (nSPS) is 12.8. The van der Waals surface area contributed by atoms with Crippen LogP contribution in [-0.2, 0) is 16.0 Å². The summed E-state index contributed by atoms with van der Waals surface area (Å²) >= 11 is 0. The van der Waals surface area contributed by atoms with Crippen LogP contribution in [0.4, 0.5) is 4.79 Å². The molecular weight excluding hydrogens is 330 g/mol. The van der Waals surface area contributed by atoms with Crippen molar-refractivity contribution >= 4 is 12.0 Å². The van der Waals surface area contributed by atoms with Crippen LogP contribution < -0.4 is 10.6 Å². The predicted molar refractivity (Wildman–Crippen MR) is 104 cm³/mol. The van der Waals surface area contributed by atoms with Gasteiger partial charge in [-0.05, 0) is 46.9 Å². The van der Waals surface area contributed by atoms with Crippen molar-refractivity contribution in [1.29, 1.82) is 0 Å². The number of rotatable bonds is 8. The van der Waals surface area contributed by atoms with E-state index >= 15 is 0 Å². The molecular formula is C20H31N3O3. The largest absolute Gasteiger partial charge is 0.444 e. The van der Waals surface area contributed by atoms with Crippen LogP contribution in [0.25, 0.3) is 0 Å². The summed E-state index contributed by atoms with van der Waals surface area (Å²) in [5.74, 6) is -0.184. The summed E-state index contributed by atoms with van der Waals surface area (Å²) in [6.07, 6.45) is 3.22.